The average molecular weight is 362 g/mol. The highest BCUT2D eigenvalue weighted by Gasteiger charge is 2.35. The van der Waals surface area contributed by atoms with E-state index in [1.807, 2.05) is 0 Å². The van der Waals surface area contributed by atoms with Gasteiger partial charge in [0.2, 0.25) is 5.91 Å². The van der Waals surface area contributed by atoms with Crippen LogP contribution in [0.3, 0.4) is 0 Å². The number of halogens is 1. The molecule has 2 aromatic carbocycles. The van der Waals surface area contributed by atoms with Crippen LogP contribution in [0.15, 0.2) is 47.0 Å². The zero-order chi connectivity index (χ0) is 19.0. The van der Waals surface area contributed by atoms with E-state index in [0.717, 1.165) is 5.56 Å². The Labute approximate surface area is 154 Å². The van der Waals surface area contributed by atoms with Gasteiger partial charge in [0, 0.05) is 24.4 Å². The lowest BCUT2D eigenvalue weighted by molar-refractivity contribution is -0.117. The van der Waals surface area contributed by atoms with Crippen molar-refractivity contribution < 1.29 is 13.7 Å². The predicted octanol–water partition coefficient (Wildman–Crippen LogP) is 3.58. The molecule has 1 aliphatic rings. The number of aromatic nitrogens is 2. The molecule has 1 fully saturated rings. The summed E-state index contributed by atoms with van der Waals surface area (Å²) >= 11 is 0. The summed E-state index contributed by atoms with van der Waals surface area (Å²) in [6.45, 7) is 2.08. The quantitative estimate of drug-likeness (QED) is 0.711. The summed E-state index contributed by atoms with van der Waals surface area (Å²) in [7, 11) is 0. The first-order valence-electron chi connectivity index (χ1n) is 8.46. The largest absolute Gasteiger partial charge is 0.334 e. The molecule has 1 unspecified atom stereocenters. The van der Waals surface area contributed by atoms with Crippen LogP contribution in [-0.4, -0.2) is 22.6 Å². The molecule has 1 aliphatic heterocycles. The standard InChI is InChI=1S/C20H15FN4O2/c1-12-5-6-17(16(21)7-12)25-11-15(9-18(25)26)19-23-20(27-24-19)14-4-2-3-13(8-14)10-22/h2-8,15H,9,11H2,1H3. The summed E-state index contributed by atoms with van der Waals surface area (Å²) in [4.78, 5) is 18.2. The molecular formula is C20H15FN4O2. The number of hydrogen-bond donors (Lipinski definition) is 0. The van der Waals surface area contributed by atoms with Crippen LogP contribution in [0, 0.1) is 24.1 Å². The van der Waals surface area contributed by atoms with Crippen LogP contribution >= 0.6 is 0 Å². The fraction of sp³-hybridized carbons (Fsp3) is 0.200. The van der Waals surface area contributed by atoms with Gasteiger partial charge in [-0.2, -0.15) is 10.2 Å². The lowest BCUT2D eigenvalue weighted by Crippen LogP contribution is -2.25. The maximum atomic E-state index is 14.2. The molecule has 6 nitrogen and oxygen atoms in total. The van der Waals surface area contributed by atoms with Gasteiger partial charge in [-0.3, -0.25) is 4.79 Å². The molecule has 1 atom stereocenters. The number of rotatable bonds is 3. The van der Waals surface area contributed by atoms with E-state index in [1.165, 1.54) is 11.0 Å². The number of nitriles is 1. The van der Waals surface area contributed by atoms with E-state index in [9.17, 15) is 9.18 Å². The lowest BCUT2D eigenvalue weighted by atomic mass is 10.1. The summed E-state index contributed by atoms with van der Waals surface area (Å²) < 4.78 is 19.5. The Morgan fingerprint density at radius 1 is 1.30 bits per heavy atom. The maximum Gasteiger partial charge on any atom is 0.257 e. The van der Waals surface area contributed by atoms with E-state index in [1.54, 1.807) is 43.3 Å². The average Bonchev–Trinajstić information content (AvgIpc) is 3.29. The number of amides is 1. The summed E-state index contributed by atoms with van der Waals surface area (Å²) in [5.74, 6) is -0.202. The van der Waals surface area contributed by atoms with Crippen molar-refractivity contribution >= 4 is 11.6 Å². The molecule has 0 bridgehead atoms. The molecular weight excluding hydrogens is 347 g/mol. The van der Waals surface area contributed by atoms with Crippen molar-refractivity contribution in [3.63, 3.8) is 0 Å². The first-order chi connectivity index (χ1) is 13.0. The van der Waals surface area contributed by atoms with Crippen molar-refractivity contribution in [3.8, 4) is 17.5 Å². The van der Waals surface area contributed by atoms with E-state index >= 15 is 0 Å². The van der Waals surface area contributed by atoms with Gasteiger partial charge in [0.15, 0.2) is 5.82 Å². The summed E-state index contributed by atoms with van der Waals surface area (Å²) in [6, 6.07) is 13.7. The third-order valence-corrected chi connectivity index (χ3v) is 4.56. The van der Waals surface area contributed by atoms with Crippen molar-refractivity contribution in [3.05, 3.63) is 65.2 Å². The molecule has 1 saturated heterocycles. The highest BCUT2D eigenvalue weighted by Crippen LogP contribution is 2.33. The summed E-state index contributed by atoms with van der Waals surface area (Å²) in [5.41, 5.74) is 2.18. The molecule has 1 amide bonds. The van der Waals surface area contributed by atoms with Crippen LogP contribution in [0.25, 0.3) is 11.5 Å². The smallest absolute Gasteiger partial charge is 0.257 e. The van der Waals surface area contributed by atoms with Crippen molar-refractivity contribution in [2.45, 2.75) is 19.3 Å². The Bertz CT molecular complexity index is 1070. The Kier molecular flexibility index (Phi) is 4.16. The summed E-state index contributed by atoms with van der Waals surface area (Å²) in [6.07, 6.45) is 0.185. The van der Waals surface area contributed by atoms with E-state index < -0.39 is 5.82 Å². The number of nitrogens with zero attached hydrogens (tertiary/aromatic N) is 4. The molecule has 0 N–H and O–H groups in total. The van der Waals surface area contributed by atoms with Crippen LogP contribution < -0.4 is 4.90 Å². The van der Waals surface area contributed by atoms with E-state index in [2.05, 4.69) is 16.2 Å². The number of hydrogen-bond acceptors (Lipinski definition) is 5. The van der Waals surface area contributed by atoms with Crippen LogP contribution in [0.5, 0.6) is 0 Å². The Balaban J connectivity index is 1.58. The fourth-order valence-corrected chi connectivity index (χ4v) is 3.18. The van der Waals surface area contributed by atoms with Gasteiger partial charge in [-0.25, -0.2) is 4.39 Å². The van der Waals surface area contributed by atoms with Gasteiger partial charge in [-0.05, 0) is 42.8 Å². The van der Waals surface area contributed by atoms with Gasteiger partial charge in [0.05, 0.1) is 17.3 Å². The first-order valence-corrected chi connectivity index (χ1v) is 8.46. The normalized spacial score (nSPS) is 16.6. The molecule has 2 heterocycles. The zero-order valence-corrected chi connectivity index (χ0v) is 14.5. The molecule has 4 rings (SSSR count). The second-order valence-corrected chi connectivity index (χ2v) is 6.51. The van der Waals surface area contributed by atoms with Gasteiger partial charge in [0.1, 0.15) is 5.82 Å². The minimum absolute atomic E-state index is 0.180. The maximum absolute atomic E-state index is 14.2. The van der Waals surface area contributed by atoms with E-state index in [-0.39, 0.29) is 36.4 Å². The number of anilines is 1. The molecule has 3 aromatic rings. The molecule has 0 radical (unpaired) electrons. The number of carbonyl (C=O) groups is 1. The third-order valence-electron chi connectivity index (χ3n) is 4.56. The number of carbonyl (C=O) groups excluding carboxylic acids is 1. The van der Waals surface area contributed by atoms with E-state index in [0.29, 0.717) is 17.0 Å². The highest BCUT2D eigenvalue weighted by molar-refractivity contribution is 5.96. The number of benzene rings is 2. The topological polar surface area (TPSA) is 83.0 Å². The molecule has 134 valence electrons. The van der Waals surface area contributed by atoms with Crippen LogP contribution in [0.4, 0.5) is 10.1 Å². The second-order valence-electron chi connectivity index (χ2n) is 6.51. The van der Waals surface area contributed by atoms with Crippen LogP contribution in [-0.2, 0) is 4.79 Å². The molecule has 0 spiro atoms. The fourth-order valence-electron chi connectivity index (χ4n) is 3.18. The monoisotopic (exact) mass is 362 g/mol. The summed E-state index contributed by atoms with van der Waals surface area (Å²) in [5, 5.41) is 13.0. The molecule has 7 heteroatoms. The highest BCUT2D eigenvalue weighted by atomic mass is 19.1. The molecule has 0 saturated carbocycles. The Morgan fingerprint density at radius 3 is 2.93 bits per heavy atom. The Morgan fingerprint density at radius 2 is 2.15 bits per heavy atom. The van der Waals surface area contributed by atoms with Gasteiger partial charge in [0.25, 0.3) is 5.89 Å². The molecule has 0 aliphatic carbocycles. The van der Waals surface area contributed by atoms with Crippen molar-refractivity contribution in [1.29, 1.82) is 5.26 Å². The number of aryl methyl sites for hydroxylation is 1. The van der Waals surface area contributed by atoms with Crippen molar-refractivity contribution in [2.24, 2.45) is 0 Å². The van der Waals surface area contributed by atoms with Crippen molar-refractivity contribution in [2.75, 3.05) is 11.4 Å². The molecule has 1 aromatic heterocycles. The first kappa shape index (κ1) is 16.9. The zero-order valence-electron chi connectivity index (χ0n) is 14.5. The Hall–Kier alpha value is -3.53. The van der Waals surface area contributed by atoms with E-state index in [4.69, 9.17) is 9.78 Å². The third kappa shape index (κ3) is 3.17. The minimum Gasteiger partial charge on any atom is -0.334 e. The van der Waals surface area contributed by atoms with Gasteiger partial charge in [-0.15, -0.1) is 0 Å². The van der Waals surface area contributed by atoms with Crippen molar-refractivity contribution in [1.82, 2.24) is 10.1 Å². The van der Waals surface area contributed by atoms with Crippen LogP contribution in [0.2, 0.25) is 0 Å². The second kappa shape index (κ2) is 6.65. The minimum atomic E-state index is -0.425. The van der Waals surface area contributed by atoms with Gasteiger partial charge < -0.3 is 9.42 Å². The lowest BCUT2D eigenvalue weighted by Gasteiger charge is -2.17. The van der Waals surface area contributed by atoms with Gasteiger partial charge in [-0.1, -0.05) is 17.3 Å². The molecule has 27 heavy (non-hydrogen) atoms. The SMILES string of the molecule is Cc1ccc(N2CC(c3noc(-c4cccc(C#N)c4)n3)CC2=O)c(F)c1. The predicted molar refractivity (Wildman–Crippen MR) is 95.3 cm³/mol. The van der Waals surface area contributed by atoms with Crippen LogP contribution in [0.1, 0.15) is 29.3 Å². The van der Waals surface area contributed by atoms with Gasteiger partial charge >= 0.3 is 0 Å².